The number of hydrogen-bond acceptors (Lipinski definition) is 3. The van der Waals surface area contributed by atoms with Crippen LogP contribution < -0.4 is 0 Å². The van der Waals surface area contributed by atoms with Gasteiger partial charge in [0.25, 0.3) is 0 Å². The van der Waals surface area contributed by atoms with Crippen LogP contribution in [0.2, 0.25) is 0 Å². The Labute approximate surface area is 124 Å². The molecule has 118 valence electrons. The topological polar surface area (TPSA) is 43.4 Å². The zero-order chi connectivity index (χ0) is 15.1. The lowest BCUT2D eigenvalue weighted by molar-refractivity contribution is -0.146. The number of esters is 1. The molecule has 0 aliphatic rings. The van der Waals surface area contributed by atoms with E-state index >= 15 is 0 Å². The Hall–Kier alpha value is -0.860. The predicted octanol–water partition coefficient (Wildman–Crippen LogP) is 4.82. The summed E-state index contributed by atoms with van der Waals surface area (Å²) in [7, 11) is 0. The van der Waals surface area contributed by atoms with Gasteiger partial charge in [-0.05, 0) is 6.42 Å². The molecule has 0 aromatic carbocycles. The van der Waals surface area contributed by atoms with Crippen LogP contribution in [-0.2, 0) is 14.3 Å². The van der Waals surface area contributed by atoms with Crippen LogP contribution in [0.3, 0.4) is 0 Å². The van der Waals surface area contributed by atoms with Gasteiger partial charge in [-0.2, -0.15) is 0 Å². The summed E-state index contributed by atoms with van der Waals surface area (Å²) >= 11 is 0. The van der Waals surface area contributed by atoms with Crippen molar-refractivity contribution in [3.05, 3.63) is 0 Å². The molecule has 0 atom stereocenters. The van der Waals surface area contributed by atoms with Crippen molar-refractivity contribution in [2.24, 2.45) is 0 Å². The van der Waals surface area contributed by atoms with E-state index < -0.39 is 0 Å². The Morgan fingerprint density at radius 1 is 0.750 bits per heavy atom. The summed E-state index contributed by atoms with van der Waals surface area (Å²) in [4.78, 5) is 22.3. The SMILES string of the molecule is CCCCCCCCCCCCOC(=O)CC(=O)CC. The molecule has 0 N–H and O–H groups in total. The fourth-order valence-electron chi connectivity index (χ4n) is 2.11. The molecule has 20 heavy (non-hydrogen) atoms. The van der Waals surface area contributed by atoms with E-state index in [1.54, 1.807) is 6.92 Å². The molecule has 0 heterocycles. The minimum absolute atomic E-state index is 0.0435. The average Bonchev–Trinajstić information content (AvgIpc) is 2.44. The van der Waals surface area contributed by atoms with E-state index in [1.807, 2.05) is 0 Å². The van der Waals surface area contributed by atoms with Gasteiger partial charge in [0.15, 0.2) is 0 Å². The van der Waals surface area contributed by atoms with Crippen LogP contribution in [0.4, 0.5) is 0 Å². The van der Waals surface area contributed by atoms with E-state index in [0.29, 0.717) is 13.0 Å². The summed E-state index contributed by atoms with van der Waals surface area (Å²) in [5.74, 6) is -0.411. The second-order valence-corrected chi connectivity index (χ2v) is 5.47. The third-order valence-corrected chi connectivity index (χ3v) is 3.50. The number of unbranched alkanes of at least 4 members (excludes halogenated alkanes) is 9. The van der Waals surface area contributed by atoms with Gasteiger partial charge in [0.2, 0.25) is 0 Å². The van der Waals surface area contributed by atoms with Gasteiger partial charge < -0.3 is 4.74 Å². The van der Waals surface area contributed by atoms with Crippen molar-refractivity contribution in [2.45, 2.75) is 90.9 Å². The summed E-state index contributed by atoms with van der Waals surface area (Å²) < 4.78 is 5.03. The summed E-state index contributed by atoms with van der Waals surface area (Å²) in [6, 6.07) is 0. The molecular weight excluding hydrogens is 252 g/mol. The van der Waals surface area contributed by atoms with Crippen LogP contribution in [0.1, 0.15) is 90.9 Å². The number of hydrogen-bond donors (Lipinski definition) is 0. The lowest BCUT2D eigenvalue weighted by Gasteiger charge is -2.04. The molecule has 0 aromatic rings. The van der Waals surface area contributed by atoms with Crippen molar-refractivity contribution < 1.29 is 14.3 Å². The number of ketones is 1. The molecule has 3 nitrogen and oxygen atoms in total. The lowest BCUT2D eigenvalue weighted by atomic mass is 10.1. The van der Waals surface area contributed by atoms with Crippen molar-refractivity contribution in [1.29, 1.82) is 0 Å². The zero-order valence-electron chi connectivity index (χ0n) is 13.4. The summed E-state index contributed by atoms with van der Waals surface area (Å²) in [6.45, 7) is 4.47. The molecular formula is C17H32O3. The molecule has 0 aliphatic carbocycles. The van der Waals surface area contributed by atoms with Crippen LogP contribution in [0.25, 0.3) is 0 Å². The summed E-state index contributed by atoms with van der Waals surface area (Å²) in [5, 5.41) is 0. The number of carbonyl (C=O) groups is 2. The zero-order valence-corrected chi connectivity index (χ0v) is 13.4. The maximum Gasteiger partial charge on any atom is 0.313 e. The van der Waals surface area contributed by atoms with Crippen LogP contribution in [-0.4, -0.2) is 18.4 Å². The highest BCUT2D eigenvalue weighted by Gasteiger charge is 2.07. The van der Waals surface area contributed by atoms with Gasteiger partial charge in [0, 0.05) is 6.42 Å². The van der Waals surface area contributed by atoms with Crippen LogP contribution in [0, 0.1) is 0 Å². The highest BCUT2D eigenvalue weighted by Crippen LogP contribution is 2.10. The molecule has 0 saturated carbocycles. The largest absolute Gasteiger partial charge is 0.465 e. The Balaban J connectivity index is 3.16. The maximum atomic E-state index is 11.2. The van der Waals surface area contributed by atoms with E-state index in [1.165, 1.54) is 51.4 Å². The molecule has 0 radical (unpaired) electrons. The van der Waals surface area contributed by atoms with E-state index in [4.69, 9.17) is 4.74 Å². The normalized spacial score (nSPS) is 10.5. The molecule has 0 fully saturated rings. The Bertz CT molecular complexity index is 249. The van der Waals surface area contributed by atoms with Crippen molar-refractivity contribution in [3.8, 4) is 0 Å². The second-order valence-electron chi connectivity index (χ2n) is 5.47. The van der Waals surface area contributed by atoms with Gasteiger partial charge in [-0.1, -0.05) is 71.6 Å². The fraction of sp³-hybridized carbons (Fsp3) is 0.882. The number of rotatable bonds is 14. The lowest BCUT2D eigenvalue weighted by Crippen LogP contribution is -2.11. The Morgan fingerprint density at radius 3 is 1.75 bits per heavy atom. The molecule has 0 bridgehead atoms. The Kier molecular flexibility index (Phi) is 13.9. The number of Topliss-reactive ketones (excluding diaryl/α,β-unsaturated/α-hetero) is 1. The second kappa shape index (κ2) is 14.5. The first-order valence-corrected chi connectivity index (χ1v) is 8.38. The van der Waals surface area contributed by atoms with E-state index in [-0.39, 0.29) is 18.2 Å². The molecule has 3 heteroatoms. The predicted molar refractivity (Wildman–Crippen MR) is 82.7 cm³/mol. The first kappa shape index (κ1) is 19.1. The Morgan fingerprint density at radius 2 is 1.25 bits per heavy atom. The van der Waals surface area contributed by atoms with Crippen molar-refractivity contribution in [2.75, 3.05) is 6.61 Å². The number of ether oxygens (including phenoxy) is 1. The third-order valence-electron chi connectivity index (χ3n) is 3.50. The van der Waals surface area contributed by atoms with Crippen molar-refractivity contribution in [1.82, 2.24) is 0 Å². The van der Waals surface area contributed by atoms with Crippen LogP contribution in [0.5, 0.6) is 0 Å². The first-order chi connectivity index (χ1) is 9.70. The molecule has 0 aliphatic heterocycles. The molecule has 0 amide bonds. The summed E-state index contributed by atoms with van der Waals surface area (Å²) in [6.07, 6.45) is 13.0. The minimum Gasteiger partial charge on any atom is -0.465 e. The standard InChI is InChI=1S/C17H32O3/c1-3-5-6-7-8-9-10-11-12-13-14-20-17(19)15-16(18)4-2/h3-15H2,1-2H3. The highest BCUT2D eigenvalue weighted by atomic mass is 16.5. The molecule has 0 spiro atoms. The van der Waals surface area contributed by atoms with Gasteiger partial charge in [-0.3, -0.25) is 9.59 Å². The monoisotopic (exact) mass is 284 g/mol. The van der Waals surface area contributed by atoms with Crippen LogP contribution >= 0.6 is 0 Å². The van der Waals surface area contributed by atoms with Crippen LogP contribution in [0.15, 0.2) is 0 Å². The van der Waals surface area contributed by atoms with Gasteiger partial charge in [-0.15, -0.1) is 0 Å². The van der Waals surface area contributed by atoms with Gasteiger partial charge in [0.05, 0.1) is 6.61 Å². The van der Waals surface area contributed by atoms with E-state index in [9.17, 15) is 9.59 Å². The third kappa shape index (κ3) is 13.6. The molecule has 0 unspecified atom stereocenters. The van der Waals surface area contributed by atoms with Gasteiger partial charge >= 0.3 is 5.97 Å². The molecule has 0 rings (SSSR count). The maximum absolute atomic E-state index is 11.2. The molecule has 0 saturated heterocycles. The van der Waals surface area contributed by atoms with Gasteiger partial charge in [0.1, 0.15) is 12.2 Å². The van der Waals surface area contributed by atoms with Crippen molar-refractivity contribution >= 4 is 11.8 Å². The van der Waals surface area contributed by atoms with E-state index in [2.05, 4.69) is 6.92 Å². The van der Waals surface area contributed by atoms with Gasteiger partial charge in [-0.25, -0.2) is 0 Å². The number of carbonyl (C=O) groups excluding carboxylic acids is 2. The first-order valence-electron chi connectivity index (χ1n) is 8.38. The van der Waals surface area contributed by atoms with E-state index in [0.717, 1.165) is 12.8 Å². The fourth-order valence-corrected chi connectivity index (χ4v) is 2.11. The average molecular weight is 284 g/mol. The van der Waals surface area contributed by atoms with Crippen molar-refractivity contribution in [3.63, 3.8) is 0 Å². The smallest absolute Gasteiger partial charge is 0.313 e. The molecule has 0 aromatic heterocycles. The highest BCUT2D eigenvalue weighted by molar-refractivity contribution is 5.95. The minimum atomic E-state index is -0.368. The summed E-state index contributed by atoms with van der Waals surface area (Å²) in [5.41, 5.74) is 0. The quantitative estimate of drug-likeness (QED) is 0.261.